The molecule has 0 fully saturated rings. The smallest absolute Gasteiger partial charge is 0.234 e. The molecule has 0 unspecified atom stereocenters. The molecular formula is C14H11ClINOS. The molecule has 2 aromatic carbocycles. The molecular weight excluding hydrogens is 393 g/mol. The SMILES string of the molecule is O=C(CSc1ccccc1)Nc1ccc(Cl)cc1I. The molecule has 0 spiro atoms. The molecule has 0 atom stereocenters. The molecule has 1 N–H and O–H groups in total. The third kappa shape index (κ3) is 4.71. The average molecular weight is 404 g/mol. The van der Waals surface area contributed by atoms with E-state index in [1.54, 1.807) is 6.07 Å². The minimum atomic E-state index is -0.0194. The van der Waals surface area contributed by atoms with Gasteiger partial charge in [-0.25, -0.2) is 0 Å². The highest BCUT2D eigenvalue weighted by molar-refractivity contribution is 14.1. The van der Waals surface area contributed by atoms with Crippen molar-refractivity contribution in [2.75, 3.05) is 11.1 Å². The Bertz CT molecular complexity index is 577. The summed E-state index contributed by atoms with van der Waals surface area (Å²) >= 11 is 9.54. The van der Waals surface area contributed by atoms with Gasteiger partial charge in [-0.05, 0) is 52.9 Å². The topological polar surface area (TPSA) is 29.1 Å². The van der Waals surface area contributed by atoms with Gasteiger partial charge in [0, 0.05) is 13.5 Å². The molecule has 0 saturated carbocycles. The Labute approximate surface area is 135 Å². The molecule has 1 amide bonds. The van der Waals surface area contributed by atoms with Crippen molar-refractivity contribution in [2.24, 2.45) is 0 Å². The van der Waals surface area contributed by atoms with Gasteiger partial charge in [0.1, 0.15) is 0 Å². The molecule has 98 valence electrons. The summed E-state index contributed by atoms with van der Waals surface area (Å²) in [5.74, 6) is 0.372. The molecule has 2 nitrogen and oxygen atoms in total. The van der Waals surface area contributed by atoms with Crippen LogP contribution in [0.4, 0.5) is 5.69 Å². The predicted octanol–water partition coefficient (Wildman–Crippen LogP) is 4.68. The van der Waals surface area contributed by atoms with E-state index in [9.17, 15) is 4.79 Å². The molecule has 0 aliphatic carbocycles. The van der Waals surface area contributed by atoms with E-state index in [2.05, 4.69) is 27.9 Å². The molecule has 19 heavy (non-hydrogen) atoms. The Hall–Kier alpha value is -0.720. The Morgan fingerprint density at radius 3 is 2.63 bits per heavy atom. The summed E-state index contributed by atoms with van der Waals surface area (Å²) in [7, 11) is 0. The molecule has 5 heteroatoms. The van der Waals surface area contributed by atoms with E-state index in [4.69, 9.17) is 11.6 Å². The molecule has 0 saturated heterocycles. The maximum atomic E-state index is 11.9. The first-order valence-electron chi connectivity index (χ1n) is 5.58. The molecule has 0 aliphatic rings. The maximum absolute atomic E-state index is 11.9. The lowest BCUT2D eigenvalue weighted by atomic mass is 10.3. The Kier molecular flexibility index (Phi) is 5.54. The summed E-state index contributed by atoms with van der Waals surface area (Å²) in [4.78, 5) is 12.9. The minimum Gasteiger partial charge on any atom is -0.324 e. The van der Waals surface area contributed by atoms with Crippen molar-refractivity contribution in [1.82, 2.24) is 0 Å². The first-order chi connectivity index (χ1) is 9.15. The zero-order valence-corrected chi connectivity index (χ0v) is 13.6. The number of benzene rings is 2. The largest absolute Gasteiger partial charge is 0.324 e. The van der Waals surface area contributed by atoms with Crippen LogP contribution in [0.2, 0.25) is 5.02 Å². The second-order valence-electron chi connectivity index (χ2n) is 3.77. The van der Waals surface area contributed by atoms with Gasteiger partial charge < -0.3 is 5.32 Å². The summed E-state index contributed by atoms with van der Waals surface area (Å²) < 4.78 is 0.933. The fourth-order valence-electron chi connectivity index (χ4n) is 1.44. The lowest BCUT2D eigenvalue weighted by Gasteiger charge is -2.07. The zero-order chi connectivity index (χ0) is 13.7. The quantitative estimate of drug-likeness (QED) is 0.593. The maximum Gasteiger partial charge on any atom is 0.234 e. The van der Waals surface area contributed by atoms with Crippen molar-refractivity contribution >= 4 is 57.5 Å². The van der Waals surface area contributed by atoms with Gasteiger partial charge in [0.15, 0.2) is 0 Å². The van der Waals surface area contributed by atoms with Crippen LogP contribution in [0.1, 0.15) is 0 Å². The highest BCUT2D eigenvalue weighted by atomic mass is 127. The van der Waals surface area contributed by atoms with Crippen LogP contribution in [0.15, 0.2) is 53.4 Å². The Morgan fingerprint density at radius 1 is 1.21 bits per heavy atom. The van der Waals surface area contributed by atoms with Gasteiger partial charge in [-0.1, -0.05) is 29.8 Å². The van der Waals surface area contributed by atoms with Gasteiger partial charge in [0.05, 0.1) is 11.4 Å². The van der Waals surface area contributed by atoms with Crippen LogP contribution in [-0.4, -0.2) is 11.7 Å². The van der Waals surface area contributed by atoms with Gasteiger partial charge in [0.25, 0.3) is 0 Å². The lowest BCUT2D eigenvalue weighted by Crippen LogP contribution is -2.14. The van der Waals surface area contributed by atoms with Crippen molar-refractivity contribution in [3.8, 4) is 0 Å². The zero-order valence-electron chi connectivity index (χ0n) is 9.90. The molecule has 0 radical (unpaired) electrons. The van der Waals surface area contributed by atoms with Gasteiger partial charge in [-0.3, -0.25) is 4.79 Å². The fraction of sp³-hybridized carbons (Fsp3) is 0.0714. The lowest BCUT2D eigenvalue weighted by molar-refractivity contribution is -0.113. The molecule has 2 rings (SSSR count). The van der Waals surface area contributed by atoms with E-state index < -0.39 is 0 Å². The third-order valence-electron chi connectivity index (χ3n) is 2.32. The number of rotatable bonds is 4. The second kappa shape index (κ2) is 7.17. The van der Waals surface area contributed by atoms with Gasteiger partial charge >= 0.3 is 0 Å². The van der Waals surface area contributed by atoms with Crippen LogP contribution < -0.4 is 5.32 Å². The monoisotopic (exact) mass is 403 g/mol. The second-order valence-corrected chi connectivity index (χ2v) is 6.42. The number of nitrogens with one attached hydrogen (secondary N) is 1. The van der Waals surface area contributed by atoms with E-state index in [1.165, 1.54) is 11.8 Å². The van der Waals surface area contributed by atoms with Crippen LogP contribution >= 0.6 is 46.0 Å². The summed E-state index contributed by atoms with van der Waals surface area (Å²) in [5, 5.41) is 3.55. The van der Waals surface area contributed by atoms with Crippen molar-refractivity contribution in [1.29, 1.82) is 0 Å². The summed E-state index contributed by atoms with van der Waals surface area (Å²) in [6.45, 7) is 0. The Balaban J connectivity index is 1.91. The molecule has 0 bridgehead atoms. The number of thioether (sulfide) groups is 1. The number of carbonyl (C=O) groups is 1. The van der Waals surface area contributed by atoms with Crippen LogP contribution in [-0.2, 0) is 4.79 Å². The fourth-order valence-corrected chi connectivity index (χ4v) is 3.17. The summed E-state index contributed by atoms with van der Waals surface area (Å²) in [6.07, 6.45) is 0. The molecule has 0 heterocycles. The minimum absolute atomic E-state index is 0.0194. The van der Waals surface area contributed by atoms with E-state index in [-0.39, 0.29) is 5.91 Å². The molecule has 0 aliphatic heterocycles. The van der Waals surface area contributed by atoms with Crippen molar-refractivity contribution in [3.63, 3.8) is 0 Å². The highest BCUT2D eigenvalue weighted by Crippen LogP contribution is 2.23. The molecule has 2 aromatic rings. The third-order valence-corrected chi connectivity index (χ3v) is 4.46. The normalized spacial score (nSPS) is 10.2. The Morgan fingerprint density at radius 2 is 1.95 bits per heavy atom. The first-order valence-corrected chi connectivity index (χ1v) is 8.02. The van der Waals surface area contributed by atoms with Crippen molar-refractivity contribution < 1.29 is 4.79 Å². The van der Waals surface area contributed by atoms with Crippen molar-refractivity contribution in [3.05, 3.63) is 57.1 Å². The van der Waals surface area contributed by atoms with Crippen LogP contribution in [0.5, 0.6) is 0 Å². The van der Waals surface area contributed by atoms with Gasteiger partial charge in [-0.2, -0.15) is 0 Å². The van der Waals surface area contributed by atoms with Crippen molar-refractivity contribution in [2.45, 2.75) is 4.90 Å². The predicted molar refractivity (Wildman–Crippen MR) is 90.0 cm³/mol. The average Bonchev–Trinajstić information content (AvgIpc) is 2.41. The molecule has 0 aromatic heterocycles. The number of anilines is 1. The summed E-state index contributed by atoms with van der Waals surface area (Å²) in [5.41, 5.74) is 0.795. The highest BCUT2D eigenvalue weighted by Gasteiger charge is 2.06. The number of carbonyl (C=O) groups excluding carboxylic acids is 1. The standard InChI is InChI=1S/C14H11ClINOS/c15-10-6-7-13(12(16)8-10)17-14(18)9-19-11-4-2-1-3-5-11/h1-8H,9H2,(H,17,18). The van der Waals surface area contributed by atoms with Gasteiger partial charge in [-0.15, -0.1) is 11.8 Å². The van der Waals surface area contributed by atoms with E-state index in [1.807, 2.05) is 42.5 Å². The first kappa shape index (κ1) is 14.7. The number of hydrogen-bond donors (Lipinski definition) is 1. The van der Waals surface area contributed by atoms with E-state index in [0.717, 1.165) is 14.2 Å². The summed E-state index contributed by atoms with van der Waals surface area (Å²) in [6, 6.07) is 15.3. The number of halogens is 2. The van der Waals surface area contributed by atoms with Crippen LogP contribution in [0, 0.1) is 3.57 Å². The van der Waals surface area contributed by atoms with Crippen LogP contribution in [0.25, 0.3) is 0 Å². The number of hydrogen-bond acceptors (Lipinski definition) is 2. The van der Waals surface area contributed by atoms with E-state index in [0.29, 0.717) is 10.8 Å². The van der Waals surface area contributed by atoms with E-state index >= 15 is 0 Å². The van der Waals surface area contributed by atoms with Crippen LogP contribution in [0.3, 0.4) is 0 Å². The number of amides is 1. The van der Waals surface area contributed by atoms with Gasteiger partial charge in [0.2, 0.25) is 5.91 Å².